The van der Waals surface area contributed by atoms with Crippen molar-refractivity contribution in [1.29, 1.82) is 0 Å². The van der Waals surface area contributed by atoms with Gasteiger partial charge in [-0.1, -0.05) is 0 Å². The number of nitrogens with zero attached hydrogens (tertiary/aromatic N) is 4. The van der Waals surface area contributed by atoms with Crippen molar-refractivity contribution in [2.45, 2.75) is 24.1 Å². The largest absolute Gasteiger partial charge is 0.490 e. The molecule has 17 nitrogen and oxygen atoms in total. The molecule has 7 N–H and O–H groups in total. The molecule has 2 aromatic heterocycles. The first-order chi connectivity index (χ1) is 15.1. The predicted octanol–water partition coefficient (Wildman–Crippen LogP) is -0.312. The molecule has 0 radical (unpaired) electrons. The van der Waals surface area contributed by atoms with E-state index in [0.29, 0.717) is 0 Å². The molecule has 3 heterocycles. The van der Waals surface area contributed by atoms with Crippen LogP contribution in [-0.2, 0) is 31.6 Å². The minimum atomic E-state index is -5.85. The first-order valence-electron chi connectivity index (χ1n) is 8.37. The molecule has 1 fully saturated rings. The number of ether oxygens (including phenoxy) is 1. The molecule has 0 saturated carbocycles. The van der Waals surface area contributed by atoms with Crippen LogP contribution in [0, 0.1) is 0 Å². The van der Waals surface area contributed by atoms with Crippen molar-refractivity contribution in [1.82, 2.24) is 19.5 Å². The number of rotatable bonds is 9. The number of halogens is 2. The van der Waals surface area contributed by atoms with Crippen molar-refractivity contribution < 1.29 is 65.0 Å². The third-order valence-electron chi connectivity index (χ3n) is 4.24. The maximum absolute atomic E-state index is 14.9. The number of phosphoric acid groups is 3. The van der Waals surface area contributed by atoms with Gasteiger partial charge in [-0.05, 0) is 0 Å². The van der Waals surface area contributed by atoms with Gasteiger partial charge in [0.2, 0.25) is 0 Å². The van der Waals surface area contributed by atoms with Gasteiger partial charge in [-0.15, -0.1) is 0 Å². The Bertz CT molecular complexity index is 1180. The highest BCUT2D eigenvalue weighted by molar-refractivity contribution is 7.66. The summed E-state index contributed by atoms with van der Waals surface area (Å²) >= 11 is 0. The number of anilines is 1. The Labute approximate surface area is 181 Å². The van der Waals surface area contributed by atoms with Crippen molar-refractivity contribution in [2.24, 2.45) is 0 Å². The molecule has 2 unspecified atom stereocenters. The van der Waals surface area contributed by atoms with E-state index in [9.17, 15) is 32.5 Å². The molecule has 3 rings (SSSR count). The van der Waals surface area contributed by atoms with E-state index in [4.69, 9.17) is 25.2 Å². The summed E-state index contributed by atoms with van der Waals surface area (Å²) < 4.78 is 80.2. The number of phosphoric ester groups is 1. The topological polar surface area (TPSA) is 259 Å². The quantitative estimate of drug-likeness (QED) is 0.222. The minimum absolute atomic E-state index is 0.0359. The molecule has 0 amide bonds. The van der Waals surface area contributed by atoms with Crippen LogP contribution in [0.15, 0.2) is 12.7 Å². The van der Waals surface area contributed by atoms with Gasteiger partial charge in [-0.25, -0.2) is 37.4 Å². The maximum Gasteiger partial charge on any atom is 0.490 e. The highest BCUT2D eigenvalue weighted by atomic mass is 31.3. The Morgan fingerprint density at radius 2 is 1.82 bits per heavy atom. The summed E-state index contributed by atoms with van der Waals surface area (Å²) in [6.07, 6.45) is -4.42. The Morgan fingerprint density at radius 1 is 1.15 bits per heavy atom. The van der Waals surface area contributed by atoms with Crippen LogP contribution in [0.2, 0.25) is 0 Å². The number of aliphatic hydroxyl groups is 1. The summed E-state index contributed by atoms with van der Waals surface area (Å²) in [5.41, 5.74) is 2.98. The molecule has 1 aliphatic heterocycles. The highest BCUT2D eigenvalue weighted by Crippen LogP contribution is 2.66. The van der Waals surface area contributed by atoms with E-state index in [0.717, 1.165) is 17.2 Å². The molecule has 22 heteroatoms. The van der Waals surface area contributed by atoms with E-state index in [2.05, 4.69) is 28.1 Å². The zero-order valence-corrected chi connectivity index (χ0v) is 18.5. The number of aliphatic hydroxyl groups excluding tert-OH is 1. The van der Waals surface area contributed by atoms with Crippen LogP contribution in [0.4, 0.5) is 14.6 Å². The fraction of sp³-hybridized carbons (Fsp3) is 0.545. The van der Waals surface area contributed by atoms with Crippen LogP contribution in [-0.4, -0.2) is 75.4 Å². The highest BCUT2D eigenvalue weighted by Gasteiger charge is 2.58. The molecule has 186 valence electrons. The predicted molar refractivity (Wildman–Crippen MR) is 99.3 cm³/mol. The molecule has 1 saturated heterocycles. The summed E-state index contributed by atoms with van der Waals surface area (Å²) in [6, 6.07) is 0. The Balaban J connectivity index is 1.80. The van der Waals surface area contributed by atoms with Crippen LogP contribution in [0.5, 0.6) is 0 Å². The molecule has 1 aliphatic rings. The second-order valence-electron chi connectivity index (χ2n) is 6.54. The third kappa shape index (κ3) is 5.62. The molecular formula is C11H16F2N5O12P3. The average molecular weight is 541 g/mol. The van der Waals surface area contributed by atoms with Crippen LogP contribution in [0.3, 0.4) is 0 Å². The second kappa shape index (κ2) is 8.96. The first kappa shape index (κ1) is 26.2. The summed E-state index contributed by atoms with van der Waals surface area (Å²) in [7, 11) is -17.2. The van der Waals surface area contributed by atoms with Crippen molar-refractivity contribution >= 4 is 40.4 Å². The van der Waals surface area contributed by atoms with Gasteiger partial charge in [-0.3, -0.25) is 9.09 Å². The van der Waals surface area contributed by atoms with Gasteiger partial charge in [-0.2, -0.15) is 8.62 Å². The molecule has 0 aliphatic carbocycles. The number of imidazole rings is 1. The van der Waals surface area contributed by atoms with Gasteiger partial charge >= 0.3 is 23.5 Å². The summed E-state index contributed by atoms with van der Waals surface area (Å²) in [5, 5.41) is 10.2. The number of hydrogen-bond acceptors (Lipinski definition) is 12. The van der Waals surface area contributed by atoms with E-state index in [1.165, 1.54) is 0 Å². The van der Waals surface area contributed by atoms with E-state index < -0.39 is 60.9 Å². The van der Waals surface area contributed by atoms with E-state index in [1.54, 1.807) is 0 Å². The molecule has 0 spiro atoms. The number of fused-ring (bicyclic) bond motifs is 1. The number of aromatic nitrogens is 4. The summed E-state index contributed by atoms with van der Waals surface area (Å²) in [6.45, 7) is -3.11. The lowest BCUT2D eigenvalue weighted by Crippen LogP contribution is -2.48. The molecule has 2 aromatic rings. The Kier molecular flexibility index (Phi) is 7.10. The number of nitrogen functional groups attached to an aromatic ring is 1. The molecule has 0 aromatic carbocycles. The third-order valence-corrected chi connectivity index (χ3v) is 8.03. The number of alkyl halides is 2. The molecule has 6 atom stereocenters. The van der Waals surface area contributed by atoms with Gasteiger partial charge < -0.3 is 35.2 Å². The molecule has 33 heavy (non-hydrogen) atoms. The fourth-order valence-electron chi connectivity index (χ4n) is 2.85. The van der Waals surface area contributed by atoms with Crippen LogP contribution in [0.25, 0.3) is 11.2 Å². The van der Waals surface area contributed by atoms with Gasteiger partial charge in [0.15, 0.2) is 29.5 Å². The van der Waals surface area contributed by atoms with Crippen molar-refractivity contribution in [2.75, 3.05) is 19.0 Å². The Morgan fingerprint density at radius 3 is 2.42 bits per heavy atom. The van der Waals surface area contributed by atoms with Crippen molar-refractivity contribution in [3.8, 4) is 0 Å². The SMILES string of the molecule is Nc1ncnc2c1ncn2[C@@H]1O[C@](CF)(COP(=O)(O)OP(=O)(O)OP(=O)(O)O)[C@H](O)[C@@H]1F. The van der Waals surface area contributed by atoms with Gasteiger partial charge in [0.1, 0.15) is 24.6 Å². The monoisotopic (exact) mass is 541 g/mol. The normalized spacial score (nSPS) is 29.7. The summed E-state index contributed by atoms with van der Waals surface area (Å²) in [5.74, 6) is -0.0721. The number of nitrogens with two attached hydrogens (primary N) is 1. The smallest absolute Gasteiger partial charge is 0.387 e. The van der Waals surface area contributed by atoms with Crippen LogP contribution < -0.4 is 5.73 Å². The number of hydrogen-bond donors (Lipinski definition) is 6. The zero-order valence-electron chi connectivity index (χ0n) is 15.9. The van der Waals surface area contributed by atoms with Gasteiger partial charge in [0, 0.05) is 0 Å². The Hall–Kier alpha value is -1.46. The molecular weight excluding hydrogens is 525 g/mol. The second-order valence-corrected chi connectivity index (χ2v) is 11.0. The van der Waals surface area contributed by atoms with Crippen LogP contribution in [0.1, 0.15) is 6.23 Å². The van der Waals surface area contributed by atoms with E-state index in [1.807, 2.05) is 0 Å². The van der Waals surface area contributed by atoms with E-state index >= 15 is 0 Å². The van der Waals surface area contributed by atoms with E-state index in [-0.39, 0.29) is 17.0 Å². The first-order valence-corrected chi connectivity index (χ1v) is 12.9. The van der Waals surface area contributed by atoms with Crippen molar-refractivity contribution in [3.63, 3.8) is 0 Å². The molecule has 0 bridgehead atoms. The van der Waals surface area contributed by atoms with Gasteiger partial charge in [0.25, 0.3) is 0 Å². The maximum atomic E-state index is 14.9. The minimum Gasteiger partial charge on any atom is -0.387 e. The average Bonchev–Trinajstić information content (AvgIpc) is 3.19. The zero-order chi connectivity index (χ0) is 24.8. The standard InChI is InChI=1S/C11H16F2N5O12P3/c12-1-11(2-27-32(23,24)30-33(25,26)29-31(20,21)22)7(19)5(13)10(28-11)18-4-17-6-8(14)15-3-16-9(6)18/h3-5,7,10,19H,1-2H2,(H,23,24)(H,25,26)(H2,14,15,16)(H2,20,21,22)/t5-,7+,10+,11+/m0/s1. The lowest BCUT2D eigenvalue weighted by Gasteiger charge is -2.29. The lowest BCUT2D eigenvalue weighted by molar-refractivity contribution is -0.134. The van der Waals surface area contributed by atoms with Gasteiger partial charge in [0.05, 0.1) is 12.9 Å². The lowest BCUT2D eigenvalue weighted by atomic mass is 9.98. The summed E-state index contributed by atoms with van der Waals surface area (Å²) in [4.78, 5) is 47.1. The van der Waals surface area contributed by atoms with Crippen molar-refractivity contribution in [3.05, 3.63) is 12.7 Å². The van der Waals surface area contributed by atoms with Crippen LogP contribution >= 0.6 is 23.5 Å². The fourth-order valence-corrected chi connectivity index (χ4v) is 5.93.